The van der Waals surface area contributed by atoms with Crippen LogP contribution in [0.3, 0.4) is 0 Å². The fourth-order valence-corrected chi connectivity index (χ4v) is 3.08. The van der Waals surface area contributed by atoms with Gasteiger partial charge in [-0.3, -0.25) is 14.3 Å². The topological polar surface area (TPSA) is 67.2 Å². The Hall–Kier alpha value is -2.54. The van der Waals surface area contributed by atoms with Gasteiger partial charge in [-0.2, -0.15) is 0 Å². The van der Waals surface area contributed by atoms with Gasteiger partial charge in [-0.15, -0.1) is 0 Å². The average molecular weight is 368 g/mol. The highest BCUT2D eigenvalue weighted by Crippen LogP contribution is 2.24. The highest BCUT2D eigenvalue weighted by Gasteiger charge is 2.16. The van der Waals surface area contributed by atoms with Crippen molar-refractivity contribution in [3.05, 3.63) is 86.9 Å². The van der Waals surface area contributed by atoms with E-state index in [0.717, 1.165) is 16.8 Å². The van der Waals surface area contributed by atoms with E-state index in [1.165, 1.54) is 0 Å². The third-order valence-electron chi connectivity index (χ3n) is 4.02. The van der Waals surface area contributed by atoms with Crippen molar-refractivity contribution in [3.8, 4) is 11.3 Å². The summed E-state index contributed by atoms with van der Waals surface area (Å²) in [5.74, 6) is 0. The van der Waals surface area contributed by atoms with E-state index in [9.17, 15) is 4.79 Å². The van der Waals surface area contributed by atoms with E-state index in [4.69, 9.17) is 22.1 Å². The van der Waals surface area contributed by atoms with Crippen LogP contribution >= 0.6 is 12.2 Å². The van der Waals surface area contributed by atoms with Crippen LogP contribution in [0.4, 0.5) is 0 Å². The monoisotopic (exact) mass is 368 g/mol. The maximum absolute atomic E-state index is 12.7. The first kappa shape index (κ1) is 18.3. The van der Waals surface area contributed by atoms with Crippen LogP contribution in [0.25, 0.3) is 11.3 Å². The zero-order valence-corrected chi connectivity index (χ0v) is 15.0. The molecular weight excluding hydrogens is 348 g/mol. The molecule has 0 fully saturated rings. The second-order valence-electron chi connectivity index (χ2n) is 5.80. The summed E-state index contributed by atoms with van der Waals surface area (Å²) in [6, 6.07) is 19.5. The lowest BCUT2D eigenvalue weighted by Crippen LogP contribution is -2.23. The van der Waals surface area contributed by atoms with E-state index < -0.39 is 0 Å². The molecule has 0 saturated carbocycles. The molecule has 1 heterocycles. The number of ether oxygens (including phenoxy) is 1. The maximum atomic E-state index is 12.7. The van der Waals surface area contributed by atoms with Crippen LogP contribution in [0, 0.1) is 4.77 Å². The molecule has 0 bridgehead atoms. The van der Waals surface area contributed by atoms with Crippen LogP contribution in [0.15, 0.2) is 65.5 Å². The van der Waals surface area contributed by atoms with E-state index in [1.54, 1.807) is 4.57 Å². The van der Waals surface area contributed by atoms with Gasteiger partial charge in [0.25, 0.3) is 5.56 Å². The molecule has 5 nitrogen and oxygen atoms in total. The Bertz CT molecular complexity index is 966. The third kappa shape index (κ3) is 4.16. The molecule has 0 atom stereocenters. The second kappa shape index (κ2) is 8.71. The summed E-state index contributed by atoms with van der Waals surface area (Å²) in [5.41, 5.74) is 3.10. The molecule has 3 aromatic rings. The molecule has 0 aliphatic heterocycles. The molecule has 0 saturated heterocycles. The molecule has 26 heavy (non-hydrogen) atoms. The number of aliphatic hydroxyl groups is 1. The molecule has 134 valence electrons. The van der Waals surface area contributed by atoms with Gasteiger partial charge >= 0.3 is 0 Å². The number of aromatic nitrogens is 2. The Kier molecular flexibility index (Phi) is 6.12. The van der Waals surface area contributed by atoms with Crippen molar-refractivity contribution in [2.45, 2.75) is 13.2 Å². The molecule has 0 amide bonds. The van der Waals surface area contributed by atoms with Crippen LogP contribution in [0.2, 0.25) is 0 Å². The fourth-order valence-electron chi connectivity index (χ4n) is 2.85. The van der Waals surface area contributed by atoms with Crippen LogP contribution in [0.1, 0.15) is 11.1 Å². The summed E-state index contributed by atoms with van der Waals surface area (Å²) in [6.45, 7) is 0.277. The molecular formula is C20H20N2O3S. The lowest BCUT2D eigenvalue weighted by Gasteiger charge is -2.18. The number of aliphatic hydroxyl groups excluding tert-OH is 1. The van der Waals surface area contributed by atoms with Gasteiger partial charge in [-0.05, 0) is 23.3 Å². The van der Waals surface area contributed by atoms with Gasteiger partial charge in [0.15, 0.2) is 4.77 Å². The SMILES string of the molecule is O=c1[nH]c(=S)n(COCCO)c(-c2ccccc2)c1Cc1ccccc1. The zero-order chi connectivity index (χ0) is 18.4. The lowest BCUT2D eigenvalue weighted by atomic mass is 10.0. The fraction of sp³-hybridized carbons (Fsp3) is 0.200. The smallest absolute Gasteiger partial charge is 0.255 e. The summed E-state index contributed by atoms with van der Waals surface area (Å²) >= 11 is 5.37. The minimum atomic E-state index is -0.198. The van der Waals surface area contributed by atoms with Crippen molar-refractivity contribution in [2.75, 3.05) is 13.2 Å². The molecule has 0 aliphatic carbocycles. The Morgan fingerprint density at radius 1 is 1.04 bits per heavy atom. The van der Waals surface area contributed by atoms with Gasteiger partial charge in [0, 0.05) is 12.0 Å². The first-order chi connectivity index (χ1) is 12.7. The Labute approximate surface area is 156 Å². The van der Waals surface area contributed by atoms with Crippen molar-refractivity contribution >= 4 is 12.2 Å². The van der Waals surface area contributed by atoms with Gasteiger partial charge in [-0.25, -0.2) is 0 Å². The van der Waals surface area contributed by atoms with E-state index in [0.29, 0.717) is 16.8 Å². The number of H-pyrrole nitrogens is 1. The number of rotatable bonds is 7. The quantitative estimate of drug-likeness (QED) is 0.497. The average Bonchev–Trinajstić information content (AvgIpc) is 2.67. The first-order valence-corrected chi connectivity index (χ1v) is 8.75. The standard InChI is InChI=1S/C20H20N2O3S/c23-11-12-25-14-22-18(16-9-5-2-6-10-16)17(19(24)21-20(22)26)13-15-7-3-1-4-8-15/h1-10,23H,11-14H2,(H,21,24,26). The number of nitrogens with zero attached hydrogens (tertiary/aromatic N) is 1. The van der Waals surface area contributed by atoms with Gasteiger partial charge in [-0.1, -0.05) is 60.7 Å². The Morgan fingerprint density at radius 3 is 2.35 bits per heavy atom. The zero-order valence-electron chi connectivity index (χ0n) is 14.2. The minimum Gasteiger partial charge on any atom is -0.394 e. The number of hydrogen-bond acceptors (Lipinski definition) is 4. The van der Waals surface area contributed by atoms with Crippen molar-refractivity contribution in [3.63, 3.8) is 0 Å². The molecule has 6 heteroatoms. The van der Waals surface area contributed by atoms with E-state index in [2.05, 4.69) is 4.98 Å². The molecule has 0 unspecified atom stereocenters. The molecule has 2 N–H and O–H groups in total. The highest BCUT2D eigenvalue weighted by atomic mass is 32.1. The summed E-state index contributed by atoms with van der Waals surface area (Å²) in [4.78, 5) is 15.4. The van der Waals surface area contributed by atoms with Crippen LogP contribution in [0.5, 0.6) is 0 Å². The van der Waals surface area contributed by atoms with Gasteiger partial charge in [0.1, 0.15) is 6.73 Å². The largest absolute Gasteiger partial charge is 0.394 e. The second-order valence-corrected chi connectivity index (χ2v) is 6.19. The predicted molar refractivity (Wildman–Crippen MR) is 104 cm³/mol. The lowest BCUT2D eigenvalue weighted by molar-refractivity contribution is 0.0474. The van der Waals surface area contributed by atoms with Crippen molar-refractivity contribution < 1.29 is 9.84 Å². The molecule has 1 aromatic heterocycles. The van der Waals surface area contributed by atoms with E-state index in [-0.39, 0.29) is 25.5 Å². The predicted octanol–water partition coefficient (Wildman–Crippen LogP) is 3.13. The first-order valence-electron chi connectivity index (χ1n) is 8.34. The van der Waals surface area contributed by atoms with Crippen molar-refractivity contribution in [1.82, 2.24) is 9.55 Å². The Morgan fingerprint density at radius 2 is 1.69 bits per heavy atom. The summed E-state index contributed by atoms with van der Waals surface area (Å²) in [7, 11) is 0. The summed E-state index contributed by atoms with van der Waals surface area (Å²) in [6.07, 6.45) is 0.482. The molecule has 0 radical (unpaired) electrons. The highest BCUT2D eigenvalue weighted by molar-refractivity contribution is 7.71. The normalized spacial score (nSPS) is 10.8. The van der Waals surface area contributed by atoms with E-state index in [1.807, 2.05) is 60.7 Å². The number of nitrogens with one attached hydrogen (secondary N) is 1. The van der Waals surface area contributed by atoms with Gasteiger partial charge in [0.2, 0.25) is 0 Å². The van der Waals surface area contributed by atoms with Crippen LogP contribution < -0.4 is 5.56 Å². The number of aromatic amines is 1. The summed E-state index contributed by atoms with van der Waals surface area (Å²) < 4.78 is 7.54. The molecule has 0 spiro atoms. The number of hydrogen-bond donors (Lipinski definition) is 2. The Balaban J connectivity index is 2.17. The maximum Gasteiger partial charge on any atom is 0.255 e. The van der Waals surface area contributed by atoms with Crippen LogP contribution in [-0.2, 0) is 17.9 Å². The molecule has 3 rings (SSSR count). The van der Waals surface area contributed by atoms with Gasteiger partial charge < -0.3 is 9.84 Å². The number of benzene rings is 2. The van der Waals surface area contributed by atoms with Gasteiger partial charge in [0.05, 0.1) is 18.9 Å². The third-order valence-corrected chi connectivity index (χ3v) is 4.34. The molecule has 0 aliphatic rings. The summed E-state index contributed by atoms with van der Waals surface area (Å²) in [5, 5.41) is 8.98. The van der Waals surface area contributed by atoms with Crippen molar-refractivity contribution in [2.24, 2.45) is 0 Å². The molecule has 2 aromatic carbocycles. The van der Waals surface area contributed by atoms with Crippen molar-refractivity contribution in [1.29, 1.82) is 0 Å². The van der Waals surface area contributed by atoms with Crippen LogP contribution in [-0.4, -0.2) is 27.9 Å². The van der Waals surface area contributed by atoms with E-state index >= 15 is 0 Å². The minimum absolute atomic E-state index is 0.0752.